The van der Waals surface area contributed by atoms with Crippen LogP contribution < -0.4 is 0 Å². The fourth-order valence-electron chi connectivity index (χ4n) is 2.35. The molecule has 0 spiro atoms. The maximum atomic E-state index is 9.27. The van der Waals surface area contributed by atoms with Crippen molar-refractivity contribution in [3.63, 3.8) is 0 Å². The zero-order valence-electron chi connectivity index (χ0n) is 8.93. The van der Waals surface area contributed by atoms with Gasteiger partial charge in [0.05, 0.1) is 6.54 Å². The van der Waals surface area contributed by atoms with Crippen molar-refractivity contribution < 1.29 is 5.21 Å². The summed E-state index contributed by atoms with van der Waals surface area (Å²) in [5.74, 6) is 0. The minimum Gasteiger partial charge on any atom is -0.362 e. The third-order valence-electron chi connectivity index (χ3n) is 3.01. The van der Waals surface area contributed by atoms with Crippen molar-refractivity contribution in [2.24, 2.45) is 0 Å². The molecule has 1 aliphatic carbocycles. The van der Waals surface area contributed by atoms with Gasteiger partial charge in [-0.3, -0.25) is 0 Å². The summed E-state index contributed by atoms with van der Waals surface area (Å²) in [7, 11) is 1.70. The standard InChI is InChI=1S/C11H18N2O/c1-8-10(7-13(2)14)9-5-3-4-6-11(9)12-8/h12,14H,3-7H2,1-2H3. The van der Waals surface area contributed by atoms with Gasteiger partial charge < -0.3 is 10.2 Å². The molecule has 2 rings (SSSR count). The number of hydroxylamine groups is 2. The molecule has 0 unspecified atom stereocenters. The fraction of sp³-hybridized carbons (Fsp3) is 0.636. The maximum absolute atomic E-state index is 9.27. The highest BCUT2D eigenvalue weighted by atomic mass is 16.5. The van der Waals surface area contributed by atoms with E-state index >= 15 is 0 Å². The minimum absolute atomic E-state index is 0.637. The first-order chi connectivity index (χ1) is 6.68. The average Bonchev–Trinajstić information content (AvgIpc) is 2.43. The molecule has 78 valence electrons. The van der Waals surface area contributed by atoms with Gasteiger partial charge >= 0.3 is 0 Å². The van der Waals surface area contributed by atoms with Crippen LogP contribution in [-0.4, -0.2) is 22.3 Å². The fourth-order valence-corrected chi connectivity index (χ4v) is 2.35. The Morgan fingerprint density at radius 3 is 2.79 bits per heavy atom. The Morgan fingerprint density at radius 1 is 1.36 bits per heavy atom. The van der Waals surface area contributed by atoms with Gasteiger partial charge in [-0.1, -0.05) is 0 Å². The number of hydrogen-bond donors (Lipinski definition) is 2. The van der Waals surface area contributed by atoms with E-state index < -0.39 is 0 Å². The van der Waals surface area contributed by atoms with E-state index in [0.29, 0.717) is 6.54 Å². The number of nitrogens with zero attached hydrogens (tertiary/aromatic N) is 1. The van der Waals surface area contributed by atoms with Crippen LogP contribution in [0.2, 0.25) is 0 Å². The smallest absolute Gasteiger partial charge is 0.0506 e. The summed E-state index contributed by atoms with van der Waals surface area (Å²) in [6.45, 7) is 2.73. The van der Waals surface area contributed by atoms with E-state index in [9.17, 15) is 5.21 Å². The van der Waals surface area contributed by atoms with E-state index in [0.717, 1.165) is 0 Å². The summed E-state index contributed by atoms with van der Waals surface area (Å²) in [6.07, 6.45) is 4.92. The molecule has 1 aliphatic rings. The summed E-state index contributed by atoms with van der Waals surface area (Å²) in [5, 5.41) is 10.5. The van der Waals surface area contributed by atoms with E-state index in [1.807, 2.05) is 0 Å². The zero-order chi connectivity index (χ0) is 10.1. The highest BCUT2D eigenvalue weighted by molar-refractivity contribution is 5.37. The second-order valence-corrected chi connectivity index (χ2v) is 4.21. The number of rotatable bonds is 2. The highest BCUT2D eigenvalue weighted by Crippen LogP contribution is 2.27. The van der Waals surface area contributed by atoms with Gasteiger partial charge in [0.1, 0.15) is 0 Å². The Hall–Kier alpha value is -0.800. The molecule has 0 aromatic carbocycles. The summed E-state index contributed by atoms with van der Waals surface area (Å²) in [4.78, 5) is 3.43. The first-order valence-corrected chi connectivity index (χ1v) is 5.27. The Labute approximate surface area is 84.7 Å². The van der Waals surface area contributed by atoms with Crippen LogP contribution in [0.25, 0.3) is 0 Å². The molecule has 0 saturated heterocycles. The largest absolute Gasteiger partial charge is 0.362 e. The normalized spacial score (nSPS) is 16.0. The van der Waals surface area contributed by atoms with Crippen molar-refractivity contribution in [1.29, 1.82) is 0 Å². The lowest BCUT2D eigenvalue weighted by atomic mass is 9.94. The van der Waals surface area contributed by atoms with Crippen LogP contribution in [0.4, 0.5) is 0 Å². The molecule has 0 radical (unpaired) electrons. The second kappa shape index (κ2) is 3.75. The Kier molecular flexibility index (Phi) is 2.61. The molecule has 3 heteroatoms. The summed E-state index contributed by atoms with van der Waals surface area (Å²) in [5.41, 5.74) is 5.36. The van der Waals surface area contributed by atoms with Gasteiger partial charge in [-0.25, -0.2) is 0 Å². The lowest BCUT2D eigenvalue weighted by Gasteiger charge is -2.14. The van der Waals surface area contributed by atoms with Gasteiger partial charge in [0, 0.05) is 18.4 Å². The number of aryl methyl sites for hydroxylation is 2. The van der Waals surface area contributed by atoms with Crippen molar-refractivity contribution in [2.45, 2.75) is 39.2 Å². The number of hydrogen-bond acceptors (Lipinski definition) is 2. The van der Waals surface area contributed by atoms with E-state index in [1.54, 1.807) is 7.05 Å². The summed E-state index contributed by atoms with van der Waals surface area (Å²) < 4.78 is 0. The van der Waals surface area contributed by atoms with Crippen LogP contribution in [-0.2, 0) is 19.4 Å². The molecule has 2 N–H and O–H groups in total. The topological polar surface area (TPSA) is 39.3 Å². The molecule has 0 bridgehead atoms. The first-order valence-electron chi connectivity index (χ1n) is 5.27. The van der Waals surface area contributed by atoms with Gasteiger partial charge in [-0.2, -0.15) is 5.06 Å². The molecule has 14 heavy (non-hydrogen) atoms. The number of H-pyrrole nitrogens is 1. The Morgan fingerprint density at radius 2 is 2.07 bits per heavy atom. The predicted octanol–water partition coefficient (Wildman–Crippen LogP) is 2.02. The Bertz CT molecular complexity index is 328. The quantitative estimate of drug-likeness (QED) is 0.707. The summed E-state index contributed by atoms with van der Waals surface area (Å²) >= 11 is 0. The van der Waals surface area contributed by atoms with Crippen LogP contribution in [0.3, 0.4) is 0 Å². The molecular weight excluding hydrogens is 176 g/mol. The molecule has 0 fully saturated rings. The Balaban J connectivity index is 2.33. The van der Waals surface area contributed by atoms with Crippen LogP contribution in [0.15, 0.2) is 0 Å². The van der Waals surface area contributed by atoms with Gasteiger partial charge in [0.2, 0.25) is 0 Å². The summed E-state index contributed by atoms with van der Waals surface area (Å²) in [6, 6.07) is 0. The van der Waals surface area contributed by atoms with Gasteiger partial charge in [-0.05, 0) is 43.7 Å². The maximum Gasteiger partial charge on any atom is 0.0506 e. The number of fused-ring (bicyclic) bond motifs is 1. The molecule has 0 saturated carbocycles. The van der Waals surface area contributed by atoms with Crippen molar-refractivity contribution in [3.8, 4) is 0 Å². The first kappa shape index (κ1) is 9.74. The number of aromatic amines is 1. The minimum atomic E-state index is 0.637. The van der Waals surface area contributed by atoms with Gasteiger partial charge in [0.25, 0.3) is 0 Å². The van der Waals surface area contributed by atoms with E-state index in [-0.39, 0.29) is 0 Å². The molecular formula is C11H18N2O. The molecule has 1 aromatic rings. The monoisotopic (exact) mass is 194 g/mol. The molecule has 0 atom stereocenters. The van der Waals surface area contributed by atoms with Crippen LogP contribution in [0.5, 0.6) is 0 Å². The molecule has 0 aliphatic heterocycles. The lowest BCUT2D eigenvalue weighted by molar-refractivity contribution is -0.0734. The number of nitrogens with one attached hydrogen (secondary N) is 1. The molecule has 1 aromatic heterocycles. The van der Waals surface area contributed by atoms with Crippen molar-refractivity contribution >= 4 is 0 Å². The van der Waals surface area contributed by atoms with Gasteiger partial charge in [0.15, 0.2) is 0 Å². The molecule has 3 nitrogen and oxygen atoms in total. The zero-order valence-corrected chi connectivity index (χ0v) is 8.93. The van der Waals surface area contributed by atoms with Crippen LogP contribution in [0, 0.1) is 6.92 Å². The second-order valence-electron chi connectivity index (χ2n) is 4.21. The third kappa shape index (κ3) is 1.70. The van der Waals surface area contributed by atoms with E-state index in [1.165, 1.54) is 53.3 Å². The van der Waals surface area contributed by atoms with Crippen LogP contribution in [0.1, 0.15) is 35.4 Å². The van der Waals surface area contributed by atoms with Crippen molar-refractivity contribution in [3.05, 3.63) is 22.5 Å². The van der Waals surface area contributed by atoms with Crippen molar-refractivity contribution in [1.82, 2.24) is 10.0 Å². The van der Waals surface area contributed by atoms with Crippen molar-refractivity contribution in [2.75, 3.05) is 7.05 Å². The van der Waals surface area contributed by atoms with E-state index in [4.69, 9.17) is 0 Å². The predicted molar refractivity (Wildman–Crippen MR) is 55.4 cm³/mol. The van der Waals surface area contributed by atoms with Gasteiger partial charge in [-0.15, -0.1) is 0 Å². The number of aromatic nitrogens is 1. The average molecular weight is 194 g/mol. The molecule has 0 amide bonds. The molecule has 1 heterocycles. The lowest BCUT2D eigenvalue weighted by Crippen LogP contribution is -2.14. The van der Waals surface area contributed by atoms with E-state index in [2.05, 4.69) is 11.9 Å². The SMILES string of the molecule is Cc1[nH]c2c(c1CN(C)O)CCCC2. The van der Waals surface area contributed by atoms with Crippen LogP contribution >= 0.6 is 0 Å². The highest BCUT2D eigenvalue weighted by Gasteiger charge is 2.18. The third-order valence-corrected chi connectivity index (χ3v) is 3.01.